The fraction of sp³-hybridized carbons (Fsp3) is 0.429. The third kappa shape index (κ3) is 2.73. The van der Waals surface area contributed by atoms with Gasteiger partial charge in [-0.05, 0) is 31.0 Å². The number of carboxylic acids is 1. The van der Waals surface area contributed by atoms with Crippen molar-refractivity contribution in [3.8, 4) is 0 Å². The van der Waals surface area contributed by atoms with Gasteiger partial charge in [-0.3, -0.25) is 9.59 Å². The molecule has 1 aromatic rings. The minimum Gasteiger partial charge on any atom is -0.481 e. The maximum Gasteiger partial charge on any atom is 0.308 e. The molecular weight excluding hydrogens is 266 g/mol. The fourth-order valence-electron chi connectivity index (χ4n) is 2.66. The average molecular weight is 282 g/mol. The van der Waals surface area contributed by atoms with E-state index in [1.807, 2.05) is 6.92 Å². The molecule has 1 aliphatic rings. The van der Waals surface area contributed by atoms with Gasteiger partial charge in [-0.1, -0.05) is 23.7 Å². The van der Waals surface area contributed by atoms with Gasteiger partial charge < -0.3 is 10.0 Å². The number of aliphatic carboxylic acids is 1. The van der Waals surface area contributed by atoms with Crippen LogP contribution in [0.25, 0.3) is 0 Å². The SMILES string of the molecule is CCN1C(=O)CCC(C(=O)O)C1c1ccc(Cl)cc1. The predicted octanol–water partition coefficient (Wildman–Crippen LogP) is 2.72. The van der Waals surface area contributed by atoms with E-state index < -0.39 is 17.9 Å². The van der Waals surface area contributed by atoms with E-state index in [9.17, 15) is 14.7 Å². The molecule has 19 heavy (non-hydrogen) atoms. The highest BCUT2D eigenvalue weighted by molar-refractivity contribution is 6.30. The van der Waals surface area contributed by atoms with Gasteiger partial charge in [0.15, 0.2) is 0 Å². The van der Waals surface area contributed by atoms with E-state index in [4.69, 9.17) is 11.6 Å². The Morgan fingerprint density at radius 2 is 2.05 bits per heavy atom. The molecule has 1 amide bonds. The summed E-state index contributed by atoms with van der Waals surface area (Å²) in [5, 5.41) is 9.96. The summed E-state index contributed by atoms with van der Waals surface area (Å²) in [6.07, 6.45) is 0.687. The lowest BCUT2D eigenvalue weighted by molar-refractivity contribution is -0.151. The number of amides is 1. The fourth-order valence-corrected chi connectivity index (χ4v) is 2.78. The lowest BCUT2D eigenvalue weighted by Crippen LogP contribution is -2.45. The van der Waals surface area contributed by atoms with Crippen LogP contribution in [0.15, 0.2) is 24.3 Å². The molecule has 0 radical (unpaired) electrons. The van der Waals surface area contributed by atoms with Crippen LogP contribution >= 0.6 is 11.6 Å². The Kier molecular flexibility index (Phi) is 4.10. The smallest absolute Gasteiger partial charge is 0.308 e. The van der Waals surface area contributed by atoms with E-state index in [1.165, 1.54) is 0 Å². The first-order valence-corrected chi connectivity index (χ1v) is 6.70. The molecule has 0 spiro atoms. The molecule has 2 unspecified atom stereocenters. The molecule has 1 N–H and O–H groups in total. The molecule has 1 aliphatic heterocycles. The second kappa shape index (κ2) is 5.61. The van der Waals surface area contributed by atoms with E-state index in [1.54, 1.807) is 29.2 Å². The average Bonchev–Trinajstić information content (AvgIpc) is 2.39. The molecule has 1 aromatic carbocycles. The van der Waals surface area contributed by atoms with E-state index in [0.29, 0.717) is 24.4 Å². The summed E-state index contributed by atoms with van der Waals surface area (Å²) in [7, 11) is 0. The van der Waals surface area contributed by atoms with Crippen LogP contribution in [0.5, 0.6) is 0 Å². The van der Waals surface area contributed by atoms with Crippen molar-refractivity contribution < 1.29 is 14.7 Å². The van der Waals surface area contributed by atoms with Crippen molar-refractivity contribution in [1.29, 1.82) is 0 Å². The highest BCUT2D eigenvalue weighted by Gasteiger charge is 2.39. The normalized spacial score (nSPS) is 23.5. The number of benzene rings is 1. The van der Waals surface area contributed by atoms with Gasteiger partial charge in [0.2, 0.25) is 5.91 Å². The van der Waals surface area contributed by atoms with Gasteiger partial charge in [0.05, 0.1) is 12.0 Å². The molecule has 2 rings (SSSR count). The highest BCUT2D eigenvalue weighted by atomic mass is 35.5. The van der Waals surface area contributed by atoms with Gasteiger partial charge in [0.25, 0.3) is 0 Å². The number of hydrogen-bond donors (Lipinski definition) is 1. The topological polar surface area (TPSA) is 57.6 Å². The molecule has 1 saturated heterocycles. The minimum absolute atomic E-state index is 0.0138. The van der Waals surface area contributed by atoms with Crippen LogP contribution < -0.4 is 0 Å². The van der Waals surface area contributed by atoms with Crippen molar-refractivity contribution in [2.45, 2.75) is 25.8 Å². The van der Waals surface area contributed by atoms with E-state index in [-0.39, 0.29) is 5.91 Å². The molecule has 0 saturated carbocycles. The molecule has 102 valence electrons. The number of likely N-dealkylation sites (tertiary alicyclic amines) is 1. The second-order valence-electron chi connectivity index (χ2n) is 4.66. The summed E-state index contributed by atoms with van der Waals surface area (Å²) in [5.41, 5.74) is 0.826. The molecule has 1 heterocycles. The van der Waals surface area contributed by atoms with Gasteiger partial charge in [-0.25, -0.2) is 0 Å². The number of carbonyl (C=O) groups excluding carboxylic acids is 1. The number of nitrogens with zero attached hydrogens (tertiary/aromatic N) is 1. The van der Waals surface area contributed by atoms with Crippen LogP contribution in [0.1, 0.15) is 31.4 Å². The van der Waals surface area contributed by atoms with Gasteiger partial charge in [-0.15, -0.1) is 0 Å². The summed E-state index contributed by atoms with van der Waals surface area (Å²) >= 11 is 5.85. The second-order valence-corrected chi connectivity index (χ2v) is 5.10. The zero-order valence-electron chi connectivity index (χ0n) is 10.7. The molecule has 5 heteroatoms. The maximum atomic E-state index is 12.0. The number of carbonyl (C=O) groups is 2. The number of piperidine rings is 1. The number of hydrogen-bond acceptors (Lipinski definition) is 2. The summed E-state index contributed by atoms with van der Waals surface area (Å²) in [6, 6.07) is 6.64. The molecule has 2 atom stereocenters. The van der Waals surface area contributed by atoms with Crippen LogP contribution in [-0.4, -0.2) is 28.4 Å². The monoisotopic (exact) mass is 281 g/mol. The number of carboxylic acid groups (broad SMARTS) is 1. The number of rotatable bonds is 3. The lowest BCUT2D eigenvalue weighted by atomic mass is 9.84. The Morgan fingerprint density at radius 1 is 1.42 bits per heavy atom. The third-order valence-electron chi connectivity index (χ3n) is 3.58. The Balaban J connectivity index is 2.40. The van der Waals surface area contributed by atoms with E-state index in [0.717, 1.165) is 5.56 Å². The molecule has 0 bridgehead atoms. The standard InChI is InChI=1S/C14H16ClNO3/c1-2-16-12(17)8-7-11(14(18)19)13(16)9-3-5-10(15)6-4-9/h3-6,11,13H,2,7-8H2,1H3,(H,18,19). The van der Waals surface area contributed by atoms with E-state index >= 15 is 0 Å². The first kappa shape index (κ1) is 13.9. The minimum atomic E-state index is -0.856. The van der Waals surface area contributed by atoms with Crippen LogP contribution in [0.4, 0.5) is 0 Å². The van der Waals surface area contributed by atoms with E-state index in [2.05, 4.69) is 0 Å². The summed E-state index contributed by atoms with van der Waals surface area (Å²) in [5.74, 6) is -1.40. The van der Waals surface area contributed by atoms with Gasteiger partial charge in [0.1, 0.15) is 0 Å². The maximum absolute atomic E-state index is 12.0. The van der Waals surface area contributed by atoms with Crippen molar-refractivity contribution >= 4 is 23.5 Å². The first-order valence-electron chi connectivity index (χ1n) is 6.32. The van der Waals surface area contributed by atoms with Crippen LogP contribution in [0.2, 0.25) is 5.02 Å². The molecule has 0 aromatic heterocycles. The highest BCUT2D eigenvalue weighted by Crippen LogP contribution is 2.37. The Labute approximate surface area is 117 Å². The molecule has 0 aliphatic carbocycles. The van der Waals surface area contributed by atoms with Crippen LogP contribution in [0, 0.1) is 5.92 Å². The van der Waals surface area contributed by atoms with Crippen molar-refractivity contribution in [3.05, 3.63) is 34.9 Å². The lowest BCUT2D eigenvalue weighted by Gasteiger charge is -2.39. The van der Waals surface area contributed by atoms with Crippen molar-refractivity contribution in [2.24, 2.45) is 5.92 Å². The van der Waals surface area contributed by atoms with Crippen molar-refractivity contribution in [2.75, 3.05) is 6.54 Å². The summed E-state index contributed by atoms with van der Waals surface area (Å²) in [4.78, 5) is 25.0. The zero-order valence-corrected chi connectivity index (χ0v) is 11.4. The Hall–Kier alpha value is -1.55. The first-order chi connectivity index (χ1) is 9.04. The van der Waals surface area contributed by atoms with Gasteiger partial charge in [-0.2, -0.15) is 0 Å². The quantitative estimate of drug-likeness (QED) is 0.927. The molecule has 1 fully saturated rings. The number of halogens is 1. The summed E-state index contributed by atoms with van der Waals surface area (Å²) < 4.78 is 0. The Bertz CT molecular complexity index is 484. The third-order valence-corrected chi connectivity index (χ3v) is 3.83. The van der Waals surface area contributed by atoms with Gasteiger partial charge >= 0.3 is 5.97 Å². The zero-order chi connectivity index (χ0) is 14.0. The summed E-state index contributed by atoms with van der Waals surface area (Å²) in [6.45, 7) is 2.38. The van der Waals surface area contributed by atoms with Crippen molar-refractivity contribution in [3.63, 3.8) is 0 Å². The van der Waals surface area contributed by atoms with Crippen LogP contribution in [-0.2, 0) is 9.59 Å². The largest absolute Gasteiger partial charge is 0.481 e. The van der Waals surface area contributed by atoms with Gasteiger partial charge in [0, 0.05) is 18.0 Å². The van der Waals surface area contributed by atoms with Crippen LogP contribution in [0.3, 0.4) is 0 Å². The molecule has 4 nitrogen and oxygen atoms in total. The molecular formula is C14H16ClNO3. The predicted molar refractivity (Wildman–Crippen MR) is 71.9 cm³/mol. The Morgan fingerprint density at radius 3 is 2.58 bits per heavy atom. The van der Waals surface area contributed by atoms with Crippen molar-refractivity contribution in [1.82, 2.24) is 4.90 Å².